The highest BCUT2D eigenvalue weighted by Crippen LogP contribution is 2.27. The fourth-order valence-corrected chi connectivity index (χ4v) is 3.50. The number of nitrogens with zero attached hydrogens (tertiary/aromatic N) is 1. The Bertz CT molecular complexity index is 929. The van der Waals surface area contributed by atoms with Crippen molar-refractivity contribution in [1.29, 1.82) is 0 Å². The number of benzene rings is 1. The lowest BCUT2D eigenvalue weighted by atomic mass is 9.85. The predicted octanol–water partition coefficient (Wildman–Crippen LogP) is 8.72. The van der Waals surface area contributed by atoms with Gasteiger partial charge in [0.2, 0.25) is 0 Å². The molecule has 0 aliphatic rings. The molecule has 0 aliphatic heterocycles. The number of aliphatic carboxylic acids is 1. The second-order valence-electron chi connectivity index (χ2n) is 9.80. The second kappa shape index (κ2) is 27.1. The van der Waals surface area contributed by atoms with Crippen LogP contribution in [0.2, 0.25) is 0 Å². The van der Waals surface area contributed by atoms with Crippen molar-refractivity contribution in [2.75, 3.05) is 11.9 Å². The van der Waals surface area contributed by atoms with E-state index in [9.17, 15) is 4.79 Å². The van der Waals surface area contributed by atoms with Gasteiger partial charge in [-0.15, -0.1) is 0 Å². The highest BCUT2D eigenvalue weighted by Gasteiger charge is 2.16. The number of amidine groups is 1. The minimum absolute atomic E-state index is 0.0115. The molecule has 0 saturated heterocycles. The number of nitrogens with one attached hydrogen (secondary N) is 1. The molecule has 0 heterocycles. The number of nitrogens with two attached hydrogens (primary N) is 3. The molecule has 7 heteroatoms. The van der Waals surface area contributed by atoms with E-state index >= 15 is 0 Å². The van der Waals surface area contributed by atoms with Crippen molar-refractivity contribution in [1.82, 2.24) is 0 Å². The highest BCUT2D eigenvalue weighted by atomic mass is 16.4. The number of para-hydroxylation sites is 1. The van der Waals surface area contributed by atoms with Crippen molar-refractivity contribution in [3.63, 3.8) is 0 Å². The molecule has 0 aromatic heterocycles. The number of rotatable bonds is 11. The molecule has 0 aliphatic carbocycles. The smallest absolute Gasteiger partial charge is 0.331 e. The van der Waals surface area contributed by atoms with Crippen molar-refractivity contribution in [2.45, 2.75) is 116 Å². The van der Waals surface area contributed by atoms with Gasteiger partial charge in [0.05, 0.1) is 11.5 Å². The minimum atomic E-state index is -0.883. The maximum absolute atomic E-state index is 10.7. The summed E-state index contributed by atoms with van der Waals surface area (Å²) >= 11 is 0. The first-order valence-electron chi connectivity index (χ1n) is 15.2. The third-order valence-electron chi connectivity index (χ3n) is 5.60. The van der Waals surface area contributed by atoms with Gasteiger partial charge in [-0.05, 0) is 61.4 Å². The van der Waals surface area contributed by atoms with Crippen LogP contribution in [0.15, 0.2) is 53.2 Å². The molecular weight excluding hydrogens is 510 g/mol. The first kappa shape index (κ1) is 44.9. The normalized spacial score (nSPS) is 11.3. The van der Waals surface area contributed by atoms with Gasteiger partial charge in [0.1, 0.15) is 0 Å². The molecule has 0 saturated carbocycles. The number of hydrogen-bond donors (Lipinski definition) is 5. The standard InChI is InChI=1S/C19H32N4.C9H15NO2.3C2H6/c1-6-10-19(4,5)11-12-22-15(3)23-18-16(13-20)8-7-9-17(18)14(2)21;1-6(2)8(9(11)12)4-7(3)5-10;3*1-2/h7-9H,2,6,10-13,20-21H2,1,3-5H3,(H,22,23);4-6H,10H2,1-3H3,(H,11,12);3*1-2H3/b;7-5-,8-4+;;;. The molecule has 7 nitrogen and oxygen atoms in total. The van der Waals surface area contributed by atoms with Crippen LogP contribution in [0.4, 0.5) is 5.69 Å². The van der Waals surface area contributed by atoms with Crippen molar-refractivity contribution in [3.05, 3.63) is 59.3 Å². The lowest BCUT2D eigenvalue weighted by Crippen LogP contribution is -2.16. The van der Waals surface area contributed by atoms with E-state index in [-0.39, 0.29) is 5.92 Å². The van der Waals surface area contributed by atoms with Crippen LogP contribution in [-0.4, -0.2) is 23.5 Å². The van der Waals surface area contributed by atoms with Crippen molar-refractivity contribution < 1.29 is 9.90 Å². The SMILES string of the molecule is C=C(N)c1cccc(CN)c1NC(C)=NCCC(C)(C)CCC.CC.CC.CC.CC(=C/N)/C=C(/C(=O)O)C(C)C. The van der Waals surface area contributed by atoms with Gasteiger partial charge in [0.15, 0.2) is 0 Å². The summed E-state index contributed by atoms with van der Waals surface area (Å²) < 4.78 is 0. The first-order chi connectivity index (χ1) is 19.3. The lowest BCUT2D eigenvalue weighted by Gasteiger charge is -2.23. The van der Waals surface area contributed by atoms with Crippen LogP contribution >= 0.6 is 0 Å². The zero-order valence-electron chi connectivity index (χ0n) is 28.7. The van der Waals surface area contributed by atoms with Crippen LogP contribution in [0.25, 0.3) is 5.70 Å². The number of aliphatic imine (C=N–C) groups is 1. The third-order valence-corrected chi connectivity index (χ3v) is 5.60. The van der Waals surface area contributed by atoms with Gasteiger partial charge >= 0.3 is 5.97 Å². The summed E-state index contributed by atoms with van der Waals surface area (Å²) in [7, 11) is 0. The van der Waals surface area contributed by atoms with E-state index in [4.69, 9.17) is 22.3 Å². The molecular formula is C34H65N5O2. The van der Waals surface area contributed by atoms with E-state index in [1.54, 1.807) is 13.0 Å². The number of carboxylic acids is 1. The third kappa shape index (κ3) is 21.4. The maximum Gasteiger partial charge on any atom is 0.331 e. The zero-order chi connectivity index (χ0) is 33.2. The Hall–Kier alpha value is -3.06. The van der Waals surface area contributed by atoms with Gasteiger partial charge in [-0.25, -0.2) is 4.79 Å². The van der Waals surface area contributed by atoms with Crippen molar-refractivity contribution >= 4 is 23.2 Å². The molecule has 1 aromatic carbocycles. The van der Waals surface area contributed by atoms with E-state index in [0.29, 0.717) is 23.2 Å². The summed E-state index contributed by atoms with van der Waals surface area (Å²) in [6.45, 7) is 31.3. The summed E-state index contributed by atoms with van der Waals surface area (Å²) in [5.74, 6) is 0.00398. The van der Waals surface area contributed by atoms with Crippen molar-refractivity contribution in [3.8, 4) is 0 Å². The largest absolute Gasteiger partial charge is 0.478 e. The Morgan fingerprint density at radius 2 is 1.63 bits per heavy atom. The van der Waals surface area contributed by atoms with Crippen LogP contribution in [0.3, 0.4) is 0 Å². The molecule has 0 amide bonds. The molecule has 0 bridgehead atoms. The number of carbonyl (C=O) groups is 1. The Balaban J connectivity index is -0.000000321. The van der Waals surface area contributed by atoms with Gasteiger partial charge in [0.25, 0.3) is 0 Å². The van der Waals surface area contributed by atoms with Crippen molar-refractivity contribution in [2.24, 2.45) is 33.5 Å². The number of anilines is 1. The summed E-state index contributed by atoms with van der Waals surface area (Å²) in [6, 6.07) is 5.88. The number of hydrogen-bond acceptors (Lipinski definition) is 5. The quantitative estimate of drug-likeness (QED) is 0.0773. The molecule has 0 fully saturated rings. The molecule has 1 aromatic rings. The van der Waals surface area contributed by atoms with E-state index < -0.39 is 5.97 Å². The molecule has 0 unspecified atom stereocenters. The average molecular weight is 576 g/mol. The summed E-state index contributed by atoms with van der Waals surface area (Å²) in [5.41, 5.74) is 21.8. The number of carboxylic acid groups (broad SMARTS) is 1. The lowest BCUT2D eigenvalue weighted by molar-refractivity contribution is -0.133. The molecule has 0 radical (unpaired) electrons. The van der Waals surface area contributed by atoms with Crippen LogP contribution in [0.1, 0.15) is 120 Å². The van der Waals surface area contributed by atoms with Crippen LogP contribution in [-0.2, 0) is 11.3 Å². The Kier molecular flexibility index (Phi) is 29.7. The van der Waals surface area contributed by atoms with E-state index in [2.05, 4.69) is 37.7 Å². The van der Waals surface area contributed by atoms with Gasteiger partial charge < -0.3 is 27.6 Å². The molecule has 41 heavy (non-hydrogen) atoms. The zero-order valence-corrected chi connectivity index (χ0v) is 28.7. The molecule has 238 valence electrons. The molecule has 0 spiro atoms. The first-order valence-corrected chi connectivity index (χ1v) is 15.2. The molecule has 0 atom stereocenters. The average Bonchev–Trinajstić information content (AvgIpc) is 2.94. The fourth-order valence-electron chi connectivity index (χ4n) is 3.50. The van der Waals surface area contributed by atoms with E-state index in [1.165, 1.54) is 19.0 Å². The predicted molar refractivity (Wildman–Crippen MR) is 185 cm³/mol. The monoisotopic (exact) mass is 576 g/mol. The summed E-state index contributed by atoms with van der Waals surface area (Å²) in [6.07, 6.45) is 6.50. The second-order valence-corrected chi connectivity index (χ2v) is 9.80. The topological polar surface area (TPSA) is 140 Å². The Morgan fingerprint density at radius 3 is 2.02 bits per heavy atom. The minimum Gasteiger partial charge on any atom is -0.478 e. The highest BCUT2D eigenvalue weighted by molar-refractivity contribution is 5.97. The van der Waals surface area contributed by atoms with Gasteiger partial charge in [-0.1, -0.05) is 107 Å². The molecule has 8 N–H and O–H groups in total. The van der Waals surface area contributed by atoms with Crippen LogP contribution in [0.5, 0.6) is 0 Å². The van der Waals surface area contributed by atoms with Crippen LogP contribution < -0.4 is 22.5 Å². The maximum atomic E-state index is 10.7. The van der Waals surface area contributed by atoms with E-state index in [1.807, 2.05) is 80.5 Å². The fraction of sp³-hybridized carbons (Fsp3) is 0.588. The van der Waals surface area contributed by atoms with Gasteiger partial charge in [-0.2, -0.15) is 0 Å². The van der Waals surface area contributed by atoms with E-state index in [0.717, 1.165) is 41.2 Å². The van der Waals surface area contributed by atoms with Gasteiger partial charge in [0, 0.05) is 29.9 Å². The summed E-state index contributed by atoms with van der Waals surface area (Å²) in [5, 5.41) is 12.1. The van der Waals surface area contributed by atoms with Crippen LogP contribution in [0, 0.1) is 11.3 Å². The molecule has 1 rings (SSSR count). The Labute approximate surface area is 253 Å². The summed E-state index contributed by atoms with van der Waals surface area (Å²) in [4.78, 5) is 15.3. The van der Waals surface area contributed by atoms with Gasteiger partial charge in [-0.3, -0.25) is 4.99 Å². The number of allylic oxidation sites excluding steroid dienone is 2. The Morgan fingerprint density at radius 1 is 1.10 bits per heavy atom.